The van der Waals surface area contributed by atoms with Gasteiger partial charge in [-0.1, -0.05) is 49.3 Å². The zero-order valence-electron chi connectivity index (χ0n) is 6.86. The summed E-state index contributed by atoms with van der Waals surface area (Å²) in [4.78, 5) is 0. The van der Waals surface area contributed by atoms with E-state index in [1.54, 1.807) is 0 Å². The molecule has 1 rings (SSSR count). The van der Waals surface area contributed by atoms with Gasteiger partial charge in [0, 0.05) is 1.43 Å². The molecule has 0 aromatic heterocycles. The van der Waals surface area contributed by atoms with Gasteiger partial charge in [0.15, 0.2) is 0 Å². The summed E-state index contributed by atoms with van der Waals surface area (Å²) in [7, 11) is 0. The molecule has 0 bridgehead atoms. The monoisotopic (exact) mass is 153 g/mol. The Kier molecular flexibility index (Phi) is 5.99. The second kappa shape index (κ2) is 6.81. The van der Waals surface area contributed by atoms with Crippen molar-refractivity contribution in [2.24, 2.45) is 5.16 Å². The van der Waals surface area contributed by atoms with E-state index in [1.165, 1.54) is 6.21 Å². The van der Waals surface area contributed by atoms with Gasteiger partial charge in [-0.2, -0.15) is 0 Å². The molecule has 2 heteroatoms. The molecule has 1 aromatic rings. The molecular formula is C9H15NO. The highest BCUT2D eigenvalue weighted by molar-refractivity contribution is 5.78. The number of nitrogens with zero attached hydrogens (tertiary/aromatic N) is 1. The van der Waals surface area contributed by atoms with E-state index in [4.69, 9.17) is 5.21 Å². The number of hydrogen-bond donors (Lipinski definition) is 1. The van der Waals surface area contributed by atoms with Crippen LogP contribution in [0.2, 0.25) is 0 Å². The lowest BCUT2D eigenvalue weighted by Crippen LogP contribution is -1.76. The van der Waals surface area contributed by atoms with E-state index >= 15 is 0 Å². The molecule has 0 radical (unpaired) electrons. The van der Waals surface area contributed by atoms with Crippen molar-refractivity contribution in [2.45, 2.75) is 13.8 Å². The topological polar surface area (TPSA) is 32.6 Å². The normalized spacial score (nSPS) is 8.91. The second-order valence-corrected chi connectivity index (χ2v) is 1.66. The summed E-state index contributed by atoms with van der Waals surface area (Å²) in [5.41, 5.74) is 0.903. The molecule has 62 valence electrons. The summed E-state index contributed by atoms with van der Waals surface area (Å²) in [6, 6.07) is 9.40. The molecule has 0 saturated heterocycles. The van der Waals surface area contributed by atoms with Crippen molar-refractivity contribution in [1.82, 2.24) is 0 Å². The van der Waals surface area contributed by atoms with Crippen molar-refractivity contribution >= 4 is 6.21 Å². The third-order valence-corrected chi connectivity index (χ3v) is 1.01. The maximum absolute atomic E-state index is 8.09. The Morgan fingerprint density at radius 3 is 2.27 bits per heavy atom. The van der Waals surface area contributed by atoms with E-state index < -0.39 is 0 Å². The van der Waals surface area contributed by atoms with Crippen molar-refractivity contribution < 1.29 is 6.63 Å². The predicted octanol–water partition coefficient (Wildman–Crippen LogP) is 2.77. The van der Waals surface area contributed by atoms with Crippen LogP contribution in [0.1, 0.15) is 20.8 Å². The summed E-state index contributed by atoms with van der Waals surface area (Å²) in [6.07, 6.45) is 1.39. The summed E-state index contributed by atoms with van der Waals surface area (Å²) >= 11 is 0. The smallest absolute Gasteiger partial charge is 0.0733 e. The summed E-state index contributed by atoms with van der Waals surface area (Å²) in [6.45, 7) is 4.00. The van der Waals surface area contributed by atoms with Crippen LogP contribution in [0.15, 0.2) is 35.5 Å². The Hall–Kier alpha value is -1.31. The molecule has 0 spiro atoms. The fraction of sp³-hybridized carbons (Fsp3) is 0.222. The van der Waals surface area contributed by atoms with Crippen LogP contribution in [0.5, 0.6) is 0 Å². The van der Waals surface area contributed by atoms with Gasteiger partial charge < -0.3 is 5.21 Å². The maximum atomic E-state index is 8.09. The highest BCUT2D eigenvalue weighted by Crippen LogP contribution is 1.92. The number of hydrogen-bond acceptors (Lipinski definition) is 2. The van der Waals surface area contributed by atoms with Crippen LogP contribution in [0.3, 0.4) is 0 Å². The first-order chi connectivity index (χ1) is 5.43. The van der Waals surface area contributed by atoms with Crippen LogP contribution in [0, 0.1) is 0 Å². The Labute approximate surface area is 68.7 Å². The average Bonchev–Trinajstić information content (AvgIpc) is 2.11. The quantitative estimate of drug-likeness (QED) is 0.375. The molecule has 0 fully saturated rings. The summed E-state index contributed by atoms with van der Waals surface area (Å²) in [5.74, 6) is 0. The number of rotatable bonds is 1. The van der Waals surface area contributed by atoms with Gasteiger partial charge in [-0.15, -0.1) is 0 Å². The maximum Gasteiger partial charge on any atom is 0.0733 e. The summed E-state index contributed by atoms with van der Waals surface area (Å²) < 4.78 is 0. The Morgan fingerprint density at radius 1 is 1.27 bits per heavy atom. The number of benzene rings is 1. The van der Waals surface area contributed by atoms with Gasteiger partial charge in [0.25, 0.3) is 0 Å². The lowest BCUT2D eigenvalue weighted by molar-refractivity contribution is 0.322. The van der Waals surface area contributed by atoms with Crippen molar-refractivity contribution in [3.05, 3.63) is 35.9 Å². The van der Waals surface area contributed by atoms with Gasteiger partial charge in [-0.3, -0.25) is 0 Å². The molecule has 0 aliphatic rings. The van der Waals surface area contributed by atoms with E-state index in [2.05, 4.69) is 5.16 Å². The largest absolute Gasteiger partial charge is 0.411 e. The molecule has 0 atom stereocenters. The van der Waals surface area contributed by atoms with Gasteiger partial charge in [0.2, 0.25) is 0 Å². The minimum absolute atomic E-state index is 0. The van der Waals surface area contributed by atoms with Crippen LogP contribution in [0.4, 0.5) is 0 Å². The molecule has 0 amide bonds. The van der Waals surface area contributed by atoms with Gasteiger partial charge in [-0.25, -0.2) is 0 Å². The van der Waals surface area contributed by atoms with E-state index in [1.807, 2.05) is 44.2 Å². The molecule has 0 unspecified atom stereocenters. The van der Waals surface area contributed by atoms with Crippen LogP contribution >= 0.6 is 0 Å². The second-order valence-electron chi connectivity index (χ2n) is 1.66. The molecule has 1 aromatic carbocycles. The van der Waals surface area contributed by atoms with Crippen molar-refractivity contribution in [3.8, 4) is 0 Å². The highest BCUT2D eigenvalue weighted by atomic mass is 16.4. The first-order valence-corrected chi connectivity index (χ1v) is 3.66. The van der Waals surface area contributed by atoms with Crippen molar-refractivity contribution in [3.63, 3.8) is 0 Å². The standard InChI is InChI=1S/C7H7NO.C2H6.H2/c9-8-6-7-4-2-1-3-5-7;1-2;/h1-6,9H;1-2H3;1H/b8-6+;;. The van der Waals surface area contributed by atoms with E-state index in [0.717, 1.165) is 5.56 Å². The van der Waals surface area contributed by atoms with Crippen LogP contribution < -0.4 is 0 Å². The molecule has 0 aliphatic carbocycles. The van der Waals surface area contributed by atoms with Gasteiger partial charge in [0.05, 0.1) is 6.21 Å². The average molecular weight is 153 g/mol. The minimum atomic E-state index is 0. The lowest BCUT2D eigenvalue weighted by atomic mass is 10.2. The number of oxime groups is 1. The highest BCUT2D eigenvalue weighted by Gasteiger charge is 1.79. The molecule has 11 heavy (non-hydrogen) atoms. The third kappa shape index (κ3) is 4.14. The molecule has 0 saturated carbocycles. The fourth-order valence-electron chi connectivity index (χ4n) is 0.606. The van der Waals surface area contributed by atoms with Gasteiger partial charge >= 0.3 is 0 Å². The zero-order valence-corrected chi connectivity index (χ0v) is 6.86. The Bertz CT molecular complexity index is 199. The fourth-order valence-corrected chi connectivity index (χ4v) is 0.606. The zero-order chi connectivity index (χ0) is 8.53. The van der Waals surface area contributed by atoms with E-state index in [9.17, 15) is 0 Å². The van der Waals surface area contributed by atoms with Gasteiger partial charge in [-0.05, 0) is 5.56 Å². The molecule has 0 aliphatic heterocycles. The SMILES string of the molecule is CC.O/N=C/c1ccccc1.[HH]. The van der Waals surface area contributed by atoms with Crippen molar-refractivity contribution in [2.75, 3.05) is 0 Å². The van der Waals surface area contributed by atoms with Crippen LogP contribution in [-0.4, -0.2) is 11.4 Å². The molecule has 2 nitrogen and oxygen atoms in total. The molecule has 1 N–H and O–H groups in total. The third-order valence-electron chi connectivity index (χ3n) is 1.01. The lowest BCUT2D eigenvalue weighted by Gasteiger charge is -1.85. The van der Waals surface area contributed by atoms with E-state index in [-0.39, 0.29) is 1.43 Å². The molecular weight excluding hydrogens is 138 g/mol. The first-order valence-electron chi connectivity index (χ1n) is 3.66. The van der Waals surface area contributed by atoms with Crippen molar-refractivity contribution in [1.29, 1.82) is 0 Å². The molecule has 0 heterocycles. The van der Waals surface area contributed by atoms with Crippen LogP contribution in [-0.2, 0) is 0 Å². The first kappa shape index (κ1) is 9.69. The predicted molar refractivity (Wildman–Crippen MR) is 49.3 cm³/mol. The summed E-state index contributed by atoms with van der Waals surface area (Å²) in [5, 5.41) is 11.0. The minimum Gasteiger partial charge on any atom is -0.411 e. The van der Waals surface area contributed by atoms with E-state index in [0.29, 0.717) is 0 Å². The Morgan fingerprint density at radius 2 is 1.82 bits per heavy atom. The Balaban J connectivity index is 0. The van der Waals surface area contributed by atoms with Crippen LogP contribution in [0.25, 0.3) is 0 Å². The van der Waals surface area contributed by atoms with Gasteiger partial charge in [0.1, 0.15) is 0 Å².